The summed E-state index contributed by atoms with van der Waals surface area (Å²) in [5.74, 6) is -1.99. The van der Waals surface area contributed by atoms with Crippen molar-refractivity contribution in [2.45, 2.75) is 17.9 Å². The zero-order chi connectivity index (χ0) is 20.2. The number of sulfonamides is 1. The fourth-order valence-electron chi connectivity index (χ4n) is 2.04. The van der Waals surface area contributed by atoms with Gasteiger partial charge in [0.25, 0.3) is 15.9 Å². The molecule has 0 aliphatic rings. The van der Waals surface area contributed by atoms with Gasteiger partial charge in [-0.1, -0.05) is 11.6 Å². The van der Waals surface area contributed by atoms with Crippen LogP contribution in [0.15, 0.2) is 47.4 Å². The maximum atomic E-state index is 12.9. The van der Waals surface area contributed by atoms with Crippen molar-refractivity contribution in [2.24, 2.45) is 0 Å². The molecule has 144 valence electrons. The van der Waals surface area contributed by atoms with Crippen molar-refractivity contribution in [3.05, 3.63) is 58.9 Å². The molecule has 0 fully saturated rings. The standard InChI is InChI=1S/C17H16ClFN2O5S/c1-10(16(22)20-2)26-17(23)14-9-13(7-8-15(14)18)27(24,25)21-12-5-3-11(19)4-6-12/h3-10,21H,1-2H3,(H,20,22)/t10-/m0/s1. The number of benzene rings is 2. The molecule has 10 heteroatoms. The Morgan fingerprint density at radius 2 is 1.78 bits per heavy atom. The number of carbonyl (C=O) groups excluding carboxylic acids is 2. The van der Waals surface area contributed by atoms with E-state index in [1.807, 2.05) is 0 Å². The molecule has 2 rings (SSSR count). The SMILES string of the molecule is CNC(=O)[C@H](C)OC(=O)c1cc(S(=O)(=O)Nc2ccc(F)cc2)ccc1Cl. The van der Waals surface area contributed by atoms with E-state index in [4.69, 9.17) is 16.3 Å². The lowest BCUT2D eigenvalue weighted by molar-refractivity contribution is -0.128. The number of ether oxygens (including phenoxy) is 1. The van der Waals surface area contributed by atoms with Crippen molar-refractivity contribution in [1.29, 1.82) is 0 Å². The van der Waals surface area contributed by atoms with Crippen LogP contribution in [-0.2, 0) is 19.6 Å². The minimum absolute atomic E-state index is 0.0372. The molecule has 0 aliphatic carbocycles. The third-order valence-electron chi connectivity index (χ3n) is 3.46. The maximum absolute atomic E-state index is 12.9. The zero-order valence-corrected chi connectivity index (χ0v) is 15.9. The first-order valence-electron chi connectivity index (χ1n) is 7.64. The lowest BCUT2D eigenvalue weighted by atomic mass is 10.2. The first-order valence-corrected chi connectivity index (χ1v) is 9.50. The number of rotatable bonds is 6. The minimum atomic E-state index is -4.07. The number of halogens is 2. The fraction of sp³-hybridized carbons (Fsp3) is 0.176. The van der Waals surface area contributed by atoms with E-state index in [1.54, 1.807) is 0 Å². The first-order chi connectivity index (χ1) is 12.6. The van der Waals surface area contributed by atoms with Crippen molar-refractivity contribution >= 4 is 39.2 Å². The number of amides is 1. The summed E-state index contributed by atoms with van der Waals surface area (Å²) >= 11 is 5.96. The lowest BCUT2D eigenvalue weighted by Crippen LogP contribution is -2.33. The Bertz CT molecular complexity index is 964. The van der Waals surface area contributed by atoms with Crippen LogP contribution in [0.1, 0.15) is 17.3 Å². The Hall–Kier alpha value is -2.65. The van der Waals surface area contributed by atoms with Gasteiger partial charge in [-0.3, -0.25) is 9.52 Å². The summed E-state index contributed by atoms with van der Waals surface area (Å²) in [4.78, 5) is 23.4. The number of hydrogen-bond acceptors (Lipinski definition) is 5. The predicted molar refractivity (Wildman–Crippen MR) is 97.6 cm³/mol. The summed E-state index contributed by atoms with van der Waals surface area (Å²) in [7, 11) is -2.68. The molecular formula is C17H16ClFN2O5S. The molecule has 0 unspecified atom stereocenters. The third-order valence-corrected chi connectivity index (χ3v) is 5.17. The number of hydrogen-bond donors (Lipinski definition) is 2. The van der Waals surface area contributed by atoms with Crippen LogP contribution in [0.2, 0.25) is 5.02 Å². The van der Waals surface area contributed by atoms with E-state index in [2.05, 4.69) is 10.0 Å². The van der Waals surface area contributed by atoms with E-state index >= 15 is 0 Å². The topological polar surface area (TPSA) is 102 Å². The monoisotopic (exact) mass is 414 g/mol. The highest BCUT2D eigenvalue weighted by atomic mass is 35.5. The summed E-state index contributed by atoms with van der Waals surface area (Å²) in [6.07, 6.45) is -1.09. The summed E-state index contributed by atoms with van der Waals surface area (Å²) in [5.41, 5.74) is -0.0712. The Morgan fingerprint density at radius 3 is 2.37 bits per heavy atom. The lowest BCUT2D eigenvalue weighted by Gasteiger charge is -2.13. The van der Waals surface area contributed by atoms with Gasteiger partial charge in [0.15, 0.2) is 6.10 Å². The fourth-order valence-corrected chi connectivity index (χ4v) is 3.32. The van der Waals surface area contributed by atoms with Crippen LogP contribution >= 0.6 is 11.6 Å². The van der Waals surface area contributed by atoms with Gasteiger partial charge < -0.3 is 10.1 Å². The second-order valence-corrected chi connectivity index (χ2v) is 7.51. The van der Waals surface area contributed by atoms with Crippen LogP contribution in [0.25, 0.3) is 0 Å². The number of anilines is 1. The molecule has 0 aromatic heterocycles. The molecule has 0 spiro atoms. The van der Waals surface area contributed by atoms with E-state index in [1.165, 1.54) is 38.2 Å². The average Bonchev–Trinajstić information content (AvgIpc) is 2.62. The quantitative estimate of drug-likeness (QED) is 0.707. The van der Waals surface area contributed by atoms with Gasteiger partial charge in [-0.25, -0.2) is 17.6 Å². The molecule has 2 N–H and O–H groups in total. The van der Waals surface area contributed by atoms with E-state index in [-0.39, 0.29) is 21.2 Å². The van der Waals surface area contributed by atoms with Gasteiger partial charge in [-0.15, -0.1) is 0 Å². The minimum Gasteiger partial charge on any atom is -0.449 e. The highest BCUT2D eigenvalue weighted by molar-refractivity contribution is 7.92. The summed E-state index contributed by atoms with van der Waals surface area (Å²) < 4.78 is 45.2. The van der Waals surface area contributed by atoms with Crippen molar-refractivity contribution in [3.8, 4) is 0 Å². The molecule has 2 aromatic rings. The van der Waals surface area contributed by atoms with Gasteiger partial charge >= 0.3 is 5.97 Å². The smallest absolute Gasteiger partial charge is 0.340 e. The number of nitrogens with one attached hydrogen (secondary N) is 2. The number of likely N-dealkylation sites (N-methyl/N-ethyl adjacent to an activating group) is 1. The van der Waals surface area contributed by atoms with Crippen molar-refractivity contribution in [3.63, 3.8) is 0 Å². The molecule has 0 heterocycles. The van der Waals surface area contributed by atoms with Gasteiger partial charge in [0.1, 0.15) is 5.82 Å². The second-order valence-electron chi connectivity index (χ2n) is 5.42. The summed E-state index contributed by atoms with van der Waals surface area (Å²) in [6, 6.07) is 8.17. The summed E-state index contributed by atoms with van der Waals surface area (Å²) in [5, 5.41) is 2.28. The van der Waals surface area contributed by atoms with Crippen LogP contribution in [-0.4, -0.2) is 33.4 Å². The van der Waals surface area contributed by atoms with Gasteiger partial charge in [0, 0.05) is 12.7 Å². The number of carbonyl (C=O) groups is 2. The molecule has 27 heavy (non-hydrogen) atoms. The van der Waals surface area contributed by atoms with Crippen LogP contribution in [0, 0.1) is 5.82 Å². The highest BCUT2D eigenvalue weighted by Crippen LogP contribution is 2.23. The number of esters is 1. The Kier molecular flexibility index (Phi) is 6.40. The van der Waals surface area contributed by atoms with Crippen LogP contribution < -0.4 is 10.0 Å². The third kappa shape index (κ3) is 5.18. The van der Waals surface area contributed by atoms with Crippen molar-refractivity contribution < 1.29 is 27.1 Å². The highest BCUT2D eigenvalue weighted by Gasteiger charge is 2.23. The molecule has 0 saturated carbocycles. The van der Waals surface area contributed by atoms with E-state index in [0.29, 0.717) is 0 Å². The average molecular weight is 415 g/mol. The summed E-state index contributed by atoms with van der Waals surface area (Å²) in [6.45, 7) is 1.36. The van der Waals surface area contributed by atoms with Crippen LogP contribution in [0.5, 0.6) is 0 Å². The van der Waals surface area contributed by atoms with Gasteiger partial charge in [0.2, 0.25) is 0 Å². The van der Waals surface area contributed by atoms with Crippen LogP contribution in [0.4, 0.5) is 10.1 Å². The molecule has 0 aliphatic heterocycles. The zero-order valence-electron chi connectivity index (χ0n) is 14.3. The Labute approximate surface area is 160 Å². The molecule has 0 saturated heterocycles. The molecule has 0 bridgehead atoms. The van der Waals surface area contributed by atoms with Gasteiger partial charge in [0.05, 0.1) is 15.5 Å². The van der Waals surface area contributed by atoms with E-state index in [9.17, 15) is 22.4 Å². The van der Waals surface area contributed by atoms with Crippen LogP contribution in [0.3, 0.4) is 0 Å². The second kappa shape index (κ2) is 8.36. The molecule has 1 amide bonds. The Morgan fingerprint density at radius 1 is 1.15 bits per heavy atom. The van der Waals surface area contributed by atoms with Crippen molar-refractivity contribution in [2.75, 3.05) is 11.8 Å². The first kappa shape index (κ1) is 20.7. The molecule has 0 radical (unpaired) electrons. The van der Waals surface area contributed by atoms with Gasteiger partial charge in [-0.05, 0) is 49.4 Å². The van der Waals surface area contributed by atoms with Crippen molar-refractivity contribution in [1.82, 2.24) is 5.32 Å². The Balaban J connectivity index is 2.28. The van der Waals surface area contributed by atoms with E-state index < -0.39 is 33.8 Å². The molecule has 7 nitrogen and oxygen atoms in total. The van der Waals surface area contributed by atoms with E-state index in [0.717, 1.165) is 18.2 Å². The maximum Gasteiger partial charge on any atom is 0.340 e. The largest absolute Gasteiger partial charge is 0.449 e. The molecular weight excluding hydrogens is 399 g/mol. The van der Waals surface area contributed by atoms with Gasteiger partial charge in [-0.2, -0.15) is 0 Å². The molecule has 2 aromatic carbocycles. The predicted octanol–water partition coefficient (Wildman–Crippen LogP) is 2.57. The molecule has 1 atom stereocenters. The normalized spacial score (nSPS) is 12.1.